The minimum Gasteiger partial charge on any atom is -0.448 e. The van der Waals surface area contributed by atoms with Crippen molar-refractivity contribution in [2.24, 2.45) is 0 Å². The zero-order valence-electron chi connectivity index (χ0n) is 6.86. The predicted molar refractivity (Wildman–Crippen MR) is 48.9 cm³/mol. The molecule has 1 aromatic heterocycles. The van der Waals surface area contributed by atoms with Gasteiger partial charge in [0.05, 0.1) is 13.1 Å². The predicted octanol–water partition coefficient (Wildman–Crippen LogP) is 2.05. The zero-order valence-corrected chi connectivity index (χ0v) is 7.61. The van der Waals surface area contributed by atoms with E-state index in [9.17, 15) is 0 Å². The van der Waals surface area contributed by atoms with Crippen LogP contribution in [0.25, 0.3) is 0 Å². The fourth-order valence-electron chi connectivity index (χ4n) is 0.783. The summed E-state index contributed by atoms with van der Waals surface area (Å²) in [6.07, 6.45) is 0. The van der Waals surface area contributed by atoms with Gasteiger partial charge in [0.15, 0.2) is 5.22 Å². The molecule has 0 radical (unpaired) electrons. The Kier molecular flexibility index (Phi) is 3.72. The quantitative estimate of drug-likeness (QED) is 0.573. The maximum absolute atomic E-state index is 5.58. The highest BCUT2D eigenvalue weighted by atomic mass is 35.5. The van der Waals surface area contributed by atoms with Crippen LogP contribution in [-0.4, -0.2) is 6.54 Å². The second-order valence-corrected chi connectivity index (χ2v) is 2.61. The first kappa shape index (κ1) is 9.18. The molecule has 0 bridgehead atoms. The third-order valence-corrected chi connectivity index (χ3v) is 1.52. The summed E-state index contributed by atoms with van der Waals surface area (Å²) in [7, 11) is 0. The molecule has 0 saturated heterocycles. The molecule has 1 heterocycles. The highest BCUT2D eigenvalue weighted by Crippen LogP contribution is 2.12. The van der Waals surface area contributed by atoms with Gasteiger partial charge in [-0.15, -0.1) is 5.92 Å². The molecular weight excluding hydrogens is 174 g/mol. The van der Waals surface area contributed by atoms with E-state index in [-0.39, 0.29) is 0 Å². The molecule has 3 heteroatoms. The molecular formula is C9H10ClNO. The van der Waals surface area contributed by atoms with Crippen molar-refractivity contribution in [1.82, 2.24) is 5.32 Å². The minimum absolute atomic E-state index is 0.424. The molecule has 0 aliphatic heterocycles. The molecule has 1 rings (SSSR count). The lowest BCUT2D eigenvalue weighted by Gasteiger charge is -1.94. The van der Waals surface area contributed by atoms with E-state index in [0.717, 1.165) is 5.76 Å². The Balaban J connectivity index is 2.27. The highest BCUT2D eigenvalue weighted by Gasteiger charge is 1.96. The molecule has 0 atom stereocenters. The maximum atomic E-state index is 5.58. The molecule has 0 saturated carbocycles. The summed E-state index contributed by atoms with van der Waals surface area (Å²) >= 11 is 5.58. The Morgan fingerprint density at radius 1 is 1.58 bits per heavy atom. The monoisotopic (exact) mass is 183 g/mol. The van der Waals surface area contributed by atoms with Crippen LogP contribution < -0.4 is 5.32 Å². The molecule has 0 spiro atoms. The number of hydrogen-bond donors (Lipinski definition) is 1. The SMILES string of the molecule is CC#CCNCc1ccc(Cl)o1. The molecule has 0 fully saturated rings. The molecule has 0 aliphatic rings. The van der Waals surface area contributed by atoms with Crippen molar-refractivity contribution in [2.45, 2.75) is 13.5 Å². The van der Waals surface area contributed by atoms with Crippen LogP contribution in [0.15, 0.2) is 16.5 Å². The van der Waals surface area contributed by atoms with Gasteiger partial charge in [-0.1, -0.05) is 5.92 Å². The largest absolute Gasteiger partial charge is 0.448 e. The third-order valence-electron chi connectivity index (χ3n) is 1.32. The number of nitrogens with one attached hydrogen (secondary N) is 1. The molecule has 0 aromatic carbocycles. The van der Waals surface area contributed by atoms with Gasteiger partial charge in [0.25, 0.3) is 0 Å². The molecule has 2 nitrogen and oxygen atoms in total. The van der Waals surface area contributed by atoms with Crippen molar-refractivity contribution in [2.75, 3.05) is 6.54 Å². The lowest BCUT2D eigenvalue weighted by atomic mass is 10.4. The average molecular weight is 184 g/mol. The van der Waals surface area contributed by atoms with Crippen molar-refractivity contribution in [1.29, 1.82) is 0 Å². The number of halogens is 1. The van der Waals surface area contributed by atoms with Gasteiger partial charge in [0, 0.05) is 0 Å². The van der Waals surface area contributed by atoms with E-state index in [1.807, 2.05) is 13.0 Å². The van der Waals surface area contributed by atoms with Crippen LogP contribution in [0.4, 0.5) is 0 Å². The summed E-state index contributed by atoms with van der Waals surface area (Å²) in [5.41, 5.74) is 0. The van der Waals surface area contributed by atoms with Crippen molar-refractivity contribution >= 4 is 11.6 Å². The van der Waals surface area contributed by atoms with E-state index in [4.69, 9.17) is 16.0 Å². The number of rotatable bonds is 3. The van der Waals surface area contributed by atoms with Crippen LogP contribution in [0, 0.1) is 11.8 Å². The summed E-state index contributed by atoms with van der Waals surface area (Å²) in [5.74, 6) is 6.51. The summed E-state index contributed by atoms with van der Waals surface area (Å²) in [5, 5.41) is 3.51. The van der Waals surface area contributed by atoms with Gasteiger partial charge in [-0.25, -0.2) is 0 Å². The van der Waals surface area contributed by atoms with E-state index >= 15 is 0 Å². The summed E-state index contributed by atoms with van der Waals surface area (Å²) in [4.78, 5) is 0. The van der Waals surface area contributed by atoms with Crippen LogP contribution in [0.5, 0.6) is 0 Å². The second kappa shape index (κ2) is 4.87. The van der Waals surface area contributed by atoms with Crippen molar-refractivity contribution in [3.05, 3.63) is 23.1 Å². The Bertz CT molecular complexity index is 295. The summed E-state index contributed by atoms with van der Waals surface area (Å²) < 4.78 is 5.12. The Morgan fingerprint density at radius 3 is 3.00 bits per heavy atom. The van der Waals surface area contributed by atoms with E-state index in [0.29, 0.717) is 18.3 Å². The third kappa shape index (κ3) is 3.00. The fraction of sp³-hybridized carbons (Fsp3) is 0.333. The Labute approximate surface area is 76.9 Å². The van der Waals surface area contributed by atoms with Gasteiger partial charge in [-0.05, 0) is 30.7 Å². The Hall–Kier alpha value is -0.910. The van der Waals surface area contributed by atoms with Crippen molar-refractivity contribution < 1.29 is 4.42 Å². The first-order valence-corrected chi connectivity index (χ1v) is 4.05. The van der Waals surface area contributed by atoms with Gasteiger partial charge in [0.2, 0.25) is 0 Å². The average Bonchev–Trinajstić information content (AvgIpc) is 2.45. The van der Waals surface area contributed by atoms with Crippen LogP contribution >= 0.6 is 11.6 Å². The molecule has 0 amide bonds. The van der Waals surface area contributed by atoms with Crippen LogP contribution in [0.2, 0.25) is 5.22 Å². The van der Waals surface area contributed by atoms with E-state index < -0.39 is 0 Å². The lowest BCUT2D eigenvalue weighted by Crippen LogP contribution is -2.12. The molecule has 1 N–H and O–H groups in total. The standard InChI is InChI=1S/C9H10ClNO/c1-2-3-6-11-7-8-4-5-9(10)12-8/h4-5,11H,6-7H2,1H3. The van der Waals surface area contributed by atoms with Crippen molar-refractivity contribution in [3.63, 3.8) is 0 Å². The van der Waals surface area contributed by atoms with Gasteiger partial charge in [-0.3, -0.25) is 5.32 Å². The lowest BCUT2D eigenvalue weighted by molar-refractivity contribution is 0.493. The zero-order chi connectivity index (χ0) is 8.81. The first-order valence-electron chi connectivity index (χ1n) is 3.67. The highest BCUT2D eigenvalue weighted by molar-refractivity contribution is 6.28. The second-order valence-electron chi connectivity index (χ2n) is 2.24. The first-order chi connectivity index (χ1) is 5.83. The maximum Gasteiger partial charge on any atom is 0.193 e. The Morgan fingerprint density at radius 2 is 2.42 bits per heavy atom. The fourth-order valence-corrected chi connectivity index (χ4v) is 0.945. The van der Waals surface area contributed by atoms with E-state index in [2.05, 4.69) is 17.2 Å². The van der Waals surface area contributed by atoms with Gasteiger partial charge >= 0.3 is 0 Å². The molecule has 1 aromatic rings. The summed E-state index contributed by atoms with van der Waals surface area (Å²) in [6.45, 7) is 3.15. The molecule has 12 heavy (non-hydrogen) atoms. The van der Waals surface area contributed by atoms with E-state index in [1.54, 1.807) is 6.07 Å². The van der Waals surface area contributed by atoms with Gasteiger partial charge in [0.1, 0.15) is 5.76 Å². The summed E-state index contributed by atoms with van der Waals surface area (Å²) in [6, 6.07) is 3.57. The van der Waals surface area contributed by atoms with E-state index in [1.165, 1.54) is 0 Å². The normalized spacial score (nSPS) is 9.17. The van der Waals surface area contributed by atoms with Gasteiger partial charge < -0.3 is 4.42 Å². The topological polar surface area (TPSA) is 25.2 Å². The molecule has 0 unspecified atom stereocenters. The van der Waals surface area contributed by atoms with Crippen LogP contribution in [-0.2, 0) is 6.54 Å². The number of hydrogen-bond acceptors (Lipinski definition) is 2. The van der Waals surface area contributed by atoms with Crippen molar-refractivity contribution in [3.8, 4) is 11.8 Å². The molecule has 0 aliphatic carbocycles. The molecule has 64 valence electrons. The smallest absolute Gasteiger partial charge is 0.193 e. The minimum atomic E-state index is 0.424. The van der Waals surface area contributed by atoms with Crippen LogP contribution in [0.1, 0.15) is 12.7 Å². The van der Waals surface area contributed by atoms with Gasteiger partial charge in [-0.2, -0.15) is 0 Å². The number of furan rings is 1. The van der Waals surface area contributed by atoms with Crippen LogP contribution in [0.3, 0.4) is 0 Å².